The maximum absolute atomic E-state index is 13.6. The van der Waals surface area contributed by atoms with E-state index in [2.05, 4.69) is 12.1 Å². The number of allylic oxidation sites excluding steroid dienone is 3. The van der Waals surface area contributed by atoms with Crippen molar-refractivity contribution in [3.05, 3.63) is 120 Å². The van der Waals surface area contributed by atoms with Crippen LogP contribution in [0.3, 0.4) is 0 Å². The van der Waals surface area contributed by atoms with Gasteiger partial charge in [-0.05, 0) is 67.6 Å². The molecule has 3 aromatic rings. The zero-order valence-corrected chi connectivity index (χ0v) is 24.7. The fraction of sp³-hybridized carbons (Fsp3) is 0.226. The second-order valence-corrected chi connectivity index (χ2v) is 12.0. The van der Waals surface area contributed by atoms with Gasteiger partial charge in [0.1, 0.15) is 5.82 Å². The van der Waals surface area contributed by atoms with Gasteiger partial charge in [-0.2, -0.15) is 5.26 Å². The number of ketones is 1. The number of nitrogens with two attached hydrogens (primary N) is 1. The summed E-state index contributed by atoms with van der Waals surface area (Å²) < 4.78 is 0. The number of nitrogens with zero attached hydrogens (tertiary/aromatic N) is 3. The highest BCUT2D eigenvalue weighted by molar-refractivity contribution is 7.98. The number of nitriles is 1. The molecular formula is C31H26Cl2N4O3S. The predicted octanol–water partition coefficient (Wildman–Crippen LogP) is 8.12. The molecule has 0 saturated heterocycles. The minimum atomic E-state index is -0.642. The predicted molar refractivity (Wildman–Crippen MR) is 163 cm³/mol. The monoisotopic (exact) mass is 604 g/mol. The number of nitro benzene ring substituents is 1. The lowest BCUT2D eigenvalue weighted by atomic mass is 9.73. The number of hydrogen-bond acceptors (Lipinski definition) is 7. The molecule has 0 spiro atoms. The van der Waals surface area contributed by atoms with Gasteiger partial charge in [-0.15, -0.1) is 11.8 Å². The second-order valence-electron chi connectivity index (χ2n) is 10.1. The van der Waals surface area contributed by atoms with Crippen LogP contribution >= 0.6 is 35.0 Å². The number of aryl methyl sites for hydroxylation is 1. The van der Waals surface area contributed by atoms with Gasteiger partial charge in [-0.25, -0.2) is 0 Å². The normalized spacial score (nSPS) is 17.0. The molecule has 0 radical (unpaired) electrons. The van der Waals surface area contributed by atoms with Crippen LogP contribution in [0.5, 0.6) is 0 Å². The minimum Gasteiger partial charge on any atom is -0.384 e. The molecular weight excluding hydrogens is 579 g/mol. The summed E-state index contributed by atoms with van der Waals surface area (Å²) in [7, 11) is 0. The Labute approximate surface area is 252 Å². The van der Waals surface area contributed by atoms with Crippen LogP contribution < -0.4 is 10.6 Å². The first-order valence-electron chi connectivity index (χ1n) is 13.0. The van der Waals surface area contributed by atoms with E-state index in [-0.39, 0.29) is 22.9 Å². The Balaban J connectivity index is 1.64. The van der Waals surface area contributed by atoms with E-state index in [0.29, 0.717) is 52.0 Å². The molecule has 3 aromatic carbocycles. The molecule has 2 N–H and O–H groups in total. The van der Waals surface area contributed by atoms with Crippen LogP contribution in [0.4, 0.5) is 11.4 Å². The molecule has 0 aromatic heterocycles. The Hall–Kier alpha value is -3.77. The van der Waals surface area contributed by atoms with Gasteiger partial charge in [-0.3, -0.25) is 19.8 Å². The average Bonchev–Trinajstić information content (AvgIpc) is 2.94. The highest BCUT2D eigenvalue weighted by Gasteiger charge is 2.41. The lowest BCUT2D eigenvalue weighted by Gasteiger charge is -2.40. The van der Waals surface area contributed by atoms with E-state index in [1.807, 2.05) is 26.0 Å². The van der Waals surface area contributed by atoms with Gasteiger partial charge in [0.05, 0.1) is 33.2 Å². The summed E-state index contributed by atoms with van der Waals surface area (Å²) in [5.74, 6) is 0.0910. The number of non-ortho nitro benzene ring substituents is 1. The Bertz CT molecular complexity index is 1710. The Morgan fingerprint density at radius 1 is 1.15 bits per heavy atom. The Morgan fingerprint density at radius 3 is 2.66 bits per heavy atom. The molecule has 41 heavy (non-hydrogen) atoms. The zero-order valence-electron chi connectivity index (χ0n) is 22.4. The van der Waals surface area contributed by atoms with Crippen LogP contribution in [0.2, 0.25) is 10.0 Å². The number of rotatable bonds is 6. The highest BCUT2D eigenvalue weighted by Crippen LogP contribution is 2.48. The van der Waals surface area contributed by atoms with Gasteiger partial charge in [0, 0.05) is 45.5 Å². The van der Waals surface area contributed by atoms with E-state index in [4.69, 9.17) is 28.9 Å². The van der Waals surface area contributed by atoms with Crippen molar-refractivity contribution in [3.63, 3.8) is 0 Å². The Morgan fingerprint density at radius 2 is 1.93 bits per heavy atom. The molecule has 5 rings (SSSR count). The third-order valence-electron chi connectivity index (χ3n) is 7.50. The summed E-state index contributed by atoms with van der Waals surface area (Å²) in [4.78, 5) is 27.1. The Kier molecular flexibility index (Phi) is 8.14. The average molecular weight is 606 g/mol. The molecule has 208 valence electrons. The molecule has 2 aliphatic rings. The first kappa shape index (κ1) is 28.7. The van der Waals surface area contributed by atoms with Crippen molar-refractivity contribution in [1.29, 1.82) is 5.26 Å². The largest absolute Gasteiger partial charge is 0.384 e. The maximum atomic E-state index is 13.6. The number of carbonyl (C=O) groups excluding carboxylic acids is 1. The van der Waals surface area contributed by atoms with Crippen molar-refractivity contribution < 1.29 is 9.72 Å². The lowest BCUT2D eigenvalue weighted by molar-refractivity contribution is -0.384. The number of halogens is 2. The number of nitro groups is 1. The van der Waals surface area contributed by atoms with E-state index in [1.165, 1.54) is 12.1 Å². The van der Waals surface area contributed by atoms with Gasteiger partial charge in [-0.1, -0.05) is 47.0 Å². The first-order valence-corrected chi connectivity index (χ1v) is 14.7. The number of thioether (sulfide) groups is 1. The number of Topliss-reactive ketones (excluding diaryl/α,β-unsaturated/α-hetero) is 1. The molecule has 1 aliphatic carbocycles. The molecule has 1 atom stereocenters. The van der Waals surface area contributed by atoms with Gasteiger partial charge >= 0.3 is 0 Å². The van der Waals surface area contributed by atoms with Gasteiger partial charge in [0.2, 0.25) is 0 Å². The van der Waals surface area contributed by atoms with Crippen molar-refractivity contribution in [2.45, 2.75) is 49.7 Å². The molecule has 0 bridgehead atoms. The van der Waals surface area contributed by atoms with Gasteiger partial charge in [0.25, 0.3) is 5.69 Å². The third-order valence-corrected chi connectivity index (χ3v) is 9.28. The third kappa shape index (κ3) is 5.45. The molecule has 1 unspecified atom stereocenters. The summed E-state index contributed by atoms with van der Waals surface area (Å²) in [6.07, 6.45) is 1.54. The highest BCUT2D eigenvalue weighted by atomic mass is 35.5. The standard InChI is InChI=1S/C31H26Cl2N4O3S/c1-17-11-19(16-41-28-13-20(32)9-10-25(28)33)18(2)23(12-17)29-24(15-34)31(35)36(26-7-4-8-27(38)30(26)29)21-5-3-6-22(14-21)37(39)40/h3,5-6,9-14,29H,4,7-8,16,35H2,1-2H3. The van der Waals surface area contributed by atoms with Crippen LogP contribution in [0, 0.1) is 35.3 Å². The summed E-state index contributed by atoms with van der Waals surface area (Å²) in [5, 5.41) is 23.1. The topological polar surface area (TPSA) is 113 Å². The van der Waals surface area contributed by atoms with E-state index in [0.717, 1.165) is 27.1 Å². The molecule has 0 amide bonds. The van der Waals surface area contributed by atoms with Crippen LogP contribution in [0.1, 0.15) is 47.4 Å². The summed E-state index contributed by atoms with van der Waals surface area (Å²) >= 11 is 14.2. The molecule has 1 aliphatic heterocycles. The van der Waals surface area contributed by atoms with Crippen LogP contribution in [-0.2, 0) is 10.5 Å². The summed E-state index contributed by atoms with van der Waals surface area (Å²) in [5.41, 5.74) is 12.3. The van der Waals surface area contributed by atoms with Gasteiger partial charge < -0.3 is 5.73 Å². The molecule has 7 nitrogen and oxygen atoms in total. The van der Waals surface area contributed by atoms with Crippen molar-refractivity contribution in [1.82, 2.24) is 0 Å². The van der Waals surface area contributed by atoms with Crippen molar-refractivity contribution in [2.75, 3.05) is 4.90 Å². The maximum Gasteiger partial charge on any atom is 0.271 e. The fourth-order valence-electron chi connectivity index (χ4n) is 5.59. The van der Waals surface area contributed by atoms with Crippen molar-refractivity contribution in [3.8, 4) is 6.07 Å². The van der Waals surface area contributed by atoms with Crippen LogP contribution in [-0.4, -0.2) is 10.7 Å². The van der Waals surface area contributed by atoms with E-state index < -0.39 is 10.8 Å². The summed E-state index contributed by atoms with van der Waals surface area (Å²) in [6.45, 7) is 3.98. The minimum absolute atomic E-state index is 0.0468. The lowest BCUT2D eigenvalue weighted by Crippen LogP contribution is -2.39. The SMILES string of the molecule is Cc1cc(CSc2cc(Cl)ccc2Cl)c(C)c(C2C(C#N)=C(N)N(c3cccc([N+](=O)[O-])c3)C3=C2C(=O)CCC3)c1. The van der Waals surface area contributed by atoms with Gasteiger partial charge in [0.15, 0.2) is 5.78 Å². The van der Waals surface area contributed by atoms with E-state index >= 15 is 0 Å². The van der Waals surface area contributed by atoms with E-state index in [1.54, 1.807) is 40.9 Å². The fourth-order valence-corrected chi connectivity index (χ4v) is 7.14. The number of anilines is 1. The van der Waals surface area contributed by atoms with E-state index in [9.17, 15) is 20.2 Å². The number of hydrogen-bond donors (Lipinski definition) is 1. The van der Waals surface area contributed by atoms with Crippen molar-refractivity contribution in [2.24, 2.45) is 5.73 Å². The second kappa shape index (κ2) is 11.6. The molecule has 10 heteroatoms. The van der Waals surface area contributed by atoms with Crippen LogP contribution in [0.25, 0.3) is 0 Å². The molecule has 0 fully saturated rings. The van der Waals surface area contributed by atoms with Crippen molar-refractivity contribution >= 4 is 52.1 Å². The number of benzene rings is 3. The number of carbonyl (C=O) groups is 1. The zero-order chi connectivity index (χ0) is 29.4. The summed E-state index contributed by atoms with van der Waals surface area (Å²) in [6, 6.07) is 17.8. The smallest absolute Gasteiger partial charge is 0.271 e. The first-order chi connectivity index (χ1) is 19.6. The molecule has 1 heterocycles. The quantitative estimate of drug-likeness (QED) is 0.172. The van der Waals surface area contributed by atoms with Crippen LogP contribution in [0.15, 0.2) is 82.2 Å². The molecule has 0 saturated carbocycles.